The van der Waals surface area contributed by atoms with E-state index in [0.717, 1.165) is 6.42 Å². The summed E-state index contributed by atoms with van der Waals surface area (Å²) < 4.78 is 17.6. The molecule has 8 heteroatoms. The molecule has 1 saturated carbocycles. The normalized spacial score (nSPS) is 48.9. The van der Waals surface area contributed by atoms with Crippen molar-refractivity contribution in [3.63, 3.8) is 0 Å². The Kier molecular flexibility index (Phi) is 6.77. The van der Waals surface area contributed by atoms with Gasteiger partial charge in [-0.1, -0.05) is 13.8 Å². The summed E-state index contributed by atoms with van der Waals surface area (Å²) in [7, 11) is 0. The van der Waals surface area contributed by atoms with Crippen LogP contribution in [0.1, 0.15) is 74.1 Å². The van der Waals surface area contributed by atoms with Crippen molar-refractivity contribution >= 4 is 11.9 Å². The number of aliphatic hydroxyl groups excluding tert-OH is 1. The predicted molar refractivity (Wildman–Crippen MR) is 115 cm³/mol. The molecule has 3 N–H and O–H groups in total. The fourth-order valence-corrected chi connectivity index (χ4v) is 6.63. The van der Waals surface area contributed by atoms with E-state index in [-0.39, 0.29) is 24.7 Å². The van der Waals surface area contributed by atoms with Crippen LogP contribution in [-0.2, 0) is 23.8 Å². The van der Waals surface area contributed by atoms with Gasteiger partial charge in [0.2, 0.25) is 0 Å². The molecule has 32 heavy (non-hydrogen) atoms. The lowest BCUT2D eigenvalue weighted by Crippen LogP contribution is -2.62. The average molecular weight is 457 g/mol. The number of rotatable bonds is 3. The van der Waals surface area contributed by atoms with E-state index in [1.54, 1.807) is 6.92 Å². The highest BCUT2D eigenvalue weighted by Gasteiger charge is 2.67. The second kappa shape index (κ2) is 8.53. The van der Waals surface area contributed by atoms with Crippen molar-refractivity contribution in [2.75, 3.05) is 0 Å². The molecule has 2 bridgehead atoms. The van der Waals surface area contributed by atoms with Crippen molar-refractivity contribution in [2.45, 2.75) is 115 Å². The van der Waals surface area contributed by atoms with Crippen LogP contribution in [0.3, 0.4) is 0 Å². The van der Waals surface area contributed by atoms with Gasteiger partial charge in [-0.15, -0.1) is 0 Å². The molecule has 10 atom stereocenters. The summed E-state index contributed by atoms with van der Waals surface area (Å²) >= 11 is 0. The summed E-state index contributed by atoms with van der Waals surface area (Å²) in [6.07, 6.45) is -2.19. The third-order valence-corrected chi connectivity index (χ3v) is 8.22. The smallest absolute Gasteiger partial charge is 0.303 e. The summed E-state index contributed by atoms with van der Waals surface area (Å²) in [4.78, 5) is 23.7. The number of ether oxygens (including phenoxy) is 3. The Morgan fingerprint density at radius 3 is 2.19 bits per heavy atom. The first-order valence-electron chi connectivity index (χ1n) is 11.8. The molecule has 1 aliphatic carbocycles. The molecule has 0 amide bonds. The van der Waals surface area contributed by atoms with Gasteiger partial charge in [0.1, 0.15) is 23.4 Å². The first-order chi connectivity index (χ1) is 14.6. The van der Waals surface area contributed by atoms with Gasteiger partial charge in [-0.2, -0.15) is 0 Å². The van der Waals surface area contributed by atoms with E-state index in [4.69, 9.17) is 14.2 Å². The van der Waals surface area contributed by atoms with Crippen LogP contribution in [0.15, 0.2) is 0 Å². The van der Waals surface area contributed by atoms with E-state index >= 15 is 0 Å². The molecule has 3 fully saturated rings. The maximum Gasteiger partial charge on any atom is 0.303 e. The van der Waals surface area contributed by atoms with Gasteiger partial charge in [-0.25, -0.2) is 0 Å². The molecule has 0 radical (unpaired) electrons. The van der Waals surface area contributed by atoms with Gasteiger partial charge in [0.25, 0.3) is 0 Å². The summed E-state index contributed by atoms with van der Waals surface area (Å²) in [5.74, 6) is -1.14. The topological polar surface area (TPSA) is 123 Å². The van der Waals surface area contributed by atoms with Crippen molar-refractivity contribution in [3.05, 3.63) is 0 Å². The first-order valence-corrected chi connectivity index (χ1v) is 11.8. The molecule has 3 aliphatic rings. The molecule has 2 aliphatic heterocycles. The molecule has 8 nitrogen and oxygen atoms in total. The zero-order valence-electron chi connectivity index (χ0n) is 20.3. The molecule has 0 aromatic rings. The largest absolute Gasteiger partial charge is 0.459 e. The van der Waals surface area contributed by atoms with Crippen molar-refractivity contribution in [1.29, 1.82) is 0 Å². The number of hydrogen-bond acceptors (Lipinski definition) is 8. The molecule has 2 saturated heterocycles. The maximum atomic E-state index is 12.0. The van der Waals surface area contributed by atoms with Crippen LogP contribution in [0.4, 0.5) is 0 Å². The number of fused-ring (bicyclic) bond motifs is 5. The van der Waals surface area contributed by atoms with Crippen LogP contribution >= 0.6 is 0 Å². The number of esters is 2. The fourth-order valence-electron chi connectivity index (χ4n) is 6.63. The Balaban J connectivity index is 2.14. The minimum absolute atomic E-state index is 0.175. The Hall–Kier alpha value is -1.22. The van der Waals surface area contributed by atoms with Crippen LogP contribution in [0.5, 0.6) is 0 Å². The van der Waals surface area contributed by atoms with Gasteiger partial charge in [0, 0.05) is 25.7 Å². The monoisotopic (exact) mass is 456 g/mol. The van der Waals surface area contributed by atoms with E-state index in [9.17, 15) is 24.9 Å². The van der Waals surface area contributed by atoms with Crippen molar-refractivity contribution in [2.24, 2.45) is 23.7 Å². The predicted octanol–water partition coefficient (Wildman–Crippen LogP) is 1.96. The van der Waals surface area contributed by atoms with Gasteiger partial charge in [-0.05, 0) is 58.3 Å². The van der Waals surface area contributed by atoms with Gasteiger partial charge in [0.05, 0.1) is 17.8 Å². The summed E-state index contributed by atoms with van der Waals surface area (Å²) in [5, 5.41) is 34.4. The number of hydrogen-bond donors (Lipinski definition) is 3. The molecule has 2 heterocycles. The SMILES string of the molecule is CC(=O)O[C@H]1CC[C@@](C)(O)[C@@H]2O[C@@H]([C@@H]3[C@H]2[C@@H](C(C)C)CC[C@@]3(C)OC(C)=O)[C@H](O)[C@]1(C)O. The van der Waals surface area contributed by atoms with E-state index in [1.165, 1.54) is 20.8 Å². The highest BCUT2D eigenvalue weighted by Crippen LogP contribution is 2.58. The second-order valence-corrected chi connectivity index (χ2v) is 11.1. The summed E-state index contributed by atoms with van der Waals surface area (Å²) in [6.45, 7) is 11.9. The van der Waals surface area contributed by atoms with Gasteiger partial charge in [-0.3, -0.25) is 9.59 Å². The lowest BCUT2D eigenvalue weighted by atomic mass is 9.57. The minimum atomic E-state index is -1.82. The van der Waals surface area contributed by atoms with Gasteiger partial charge in [0.15, 0.2) is 0 Å². The Morgan fingerprint density at radius 1 is 1.03 bits per heavy atom. The number of carbonyl (C=O) groups is 2. The van der Waals surface area contributed by atoms with Crippen LogP contribution in [-0.4, -0.2) is 68.5 Å². The molecule has 0 spiro atoms. The Labute approximate surface area is 190 Å². The zero-order chi connectivity index (χ0) is 24.2. The zero-order valence-corrected chi connectivity index (χ0v) is 20.3. The van der Waals surface area contributed by atoms with Crippen LogP contribution in [0, 0.1) is 23.7 Å². The van der Waals surface area contributed by atoms with Crippen molar-refractivity contribution < 1.29 is 39.1 Å². The Bertz CT molecular complexity index is 732. The molecule has 0 aromatic heterocycles. The number of aliphatic hydroxyl groups is 3. The molecular formula is C24H40O8. The van der Waals surface area contributed by atoms with Gasteiger partial charge < -0.3 is 29.5 Å². The highest BCUT2D eigenvalue weighted by molar-refractivity contribution is 5.67. The second-order valence-electron chi connectivity index (χ2n) is 11.1. The molecule has 0 aromatic carbocycles. The third-order valence-electron chi connectivity index (χ3n) is 8.22. The van der Waals surface area contributed by atoms with E-state index in [1.807, 2.05) is 6.92 Å². The van der Waals surface area contributed by atoms with E-state index in [2.05, 4.69) is 13.8 Å². The maximum absolute atomic E-state index is 12.0. The average Bonchev–Trinajstić information content (AvgIpc) is 3.05. The van der Waals surface area contributed by atoms with Crippen LogP contribution < -0.4 is 0 Å². The van der Waals surface area contributed by atoms with E-state index < -0.39 is 59.1 Å². The fraction of sp³-hybridized carbons (Fsp3) is 0.917. The Morgan fingerprint density at radius 2 is 1.66 bits per heavy atom. The quantitative estimate of drug-likeness (QED) is 0.551. The lowest BCUT2D eigenvalue weighted by molar-refractivity contribution is -0.210. The van der Waals surface area contributed by atoms with Crippen molar-refractivity contribution in [1.82, 2.24) is 0 Å². The van der Waals surface area contributed by atoms with Gasteiger partial charge >= 0.3 is 11.9 Å². The first kappa shape index (κ1) is 25.4. The van der Waals surface area contributed by atoms with E-state index in [0.29, 0.717) is 12.3 Å². The lowest BCUT2D eigenvalue weighted by Gasteiger charge is -2.51. The number of carbonyl (C=O) groups excluding carboxylic acids is 2. The highest BCUT2D eigenvalue weighted by atomic mass is 16.6. The molecular weight excluding hydrogens is 416 g/mol. The van der Waals surface area contributed by atoms with Crippen LogP contribution in [0.2, 0.25) is 0 Å². The minimum Gasteiger partial charge on any atom is -0.459 e. The third kappa shape index (κ3) is 4.31. The molecule has 0 unspecified atom stereocenters. The summed E-state index contributed by atoms with van der Waals surface area (Å²) in [6, 6.07) is 0. The van der Waals surface area contributed by atoms with Crippen LogP contribution in [0.25, 0.3) is 0 Å². The standard InChI is InChI=1S/C24H40O8/c1-12(2)15-8-11-23(6,32-14(4)26)18-17(15)21-22(5,28)10-9-16(30-13(3)25)24(7,29)20(27)19(18)31-21/h12,15-21,27-29H,8-11H2,1-7H3/t15-,16+,17-,18+,19+,20+,21-,22-,23-,24-/m1/s1. The summed E-state index contributed by atoms with van der Waals surface area (Å²) in [5.41, 5.74) is -4.04. The molecule has 184 valence electrons. The molecule has 3 rings (SSSR count). The van der Waals surface area contributed by atoms with Crippen molar-refractivity contribution in [3.8, 4) is 0 Å².